The average molecular weight is 394 g/mol. The number of hydrogen-bond acceptors (Lipinski definition) is 5. The molecular formula is C18H13ClFNO4S. The average Bonchev–Trinajstić information content (AvgIpc) is 2.87. The minimum atomic E-state index is -0.634. The summed E-state index contributed by atoms with van der Waals surface area (Å²) in [6.45, 7) is 2.16. The van der Waals surface area contributed by atoms with E-state index in [0.29, 0.717) is 12.2 Å². The molecular weight excluding hydrogens is 381 g/mol. The van der Waals surface area contributed by atoms with Crippen LogP contribution in [0.25, 0.3) is 6.08 Å². The molecule has 5 nitrogen and oxygen atoms in total. The molecule has 0 saturated carbocycles. The van der Waals surface area contributed by atoms with Crippen LogP contribution in [-0.4, -0.2) is 22.9 Å². The van der Waals surface area contributed by atoms with Crippen molar-refractivity contribution in [1.82, 2.24) is 0 Å². The van der Waals surface area contributed by atoms with E-state index >= 15 is 0 Å². The van der Waals surface area contributed by atoms with Gasteiger partial charge in [0.2, 0.25) is 0 Å². The Labute approximate surface area is 158 Å². The number of benzene rings is 2. The van der Waals surface area contributed by atoms with Gasteiger partial charge in [-0.05, 0) is 60.7 Å². The standard InChI is InChI=1S/C18H13ClFNO4S/c1-2-25-15-7-10(3-6-14(15)22)8-16-17(23)21(18(24)26-16)11-4-5-13(20)12(19)9-11/h3-9,22H,2H2,1H3/b16-8-. The SMILES string of the molecule is CCOc1cc(/C=C2\SC(=O)N(c3ccc(F)c(Cl)c3)C2=O)ccc1O. The summed E-state index contributed by atoms with van der Waals surface area (Å²) in [4.78, 5) is 26.0. The van der Waals surface area contributed by atoms with E-state index in [1.807, 2.05) is 0 Å². The molecule has 26 heavy (non-hydrogen) atoms. The smallest absolute Gasteiger partial charge is 0.298 e. The molecule has 0 atom stereocenters. The van der Waals surface area contributed by atoms with E-state index in [1.54, 1.807) is 19.1 Å². The number of carbonyl (C=O) groups is 2. The maximum Gasteiger partial charge on any atom is 0.298 e. The minimum absolute atomic E-state index is 0.0157. The summed E-state index contributed by atoms with van der Waals surface area (Å²) in [7, 11) is 0. The number of carbonyl (C=O) groups excluding carboxylic acids is 2. The van der Waals surface area contributed by atoms with Crippen molar-refractivity contribution in [3.63, 3.8) is 0 Å². The number of ether oxygens (including phenoxy) is 1. The molecule has 2 aromatic carbocycles. The molecule has 0 aliphatic carbocycles. The second-order valence-corrected chi connectivity index (χ2v) is 6.68. The maximum atomic E-state index is 13.3. The largest absolute Gasteiger partial charge is 0.504 e. The lowest BCUT2D eigenvalue weighted by atomic mass is 10.2. The molecule has 134 valence electrons. The van der Waals surface area contributed by atoms with Crippen molar-refractivity contribution in [2.24, 2.45) is 0 Å². The molecule has 8 heteroatoms. The van der Waals surface area contributed by atoms with Crippen molar-refractivity contribution in [3.8, 4) is 11.5 Å². The van der Waals surface area contributed by atoms with Crippen molar-refractivity contribution in [1.29, 1.82) is 0 Å². The summed E-state index contributed by atoms with van der Waals surface area (Å²) >= 11 is 6.50. The number of rotatable bonds is 4. The lowest BCUT2D eigenvalue weighted by molar-refractivity contribution is -0.113. The molecule has 0 spiro atoms. The molecule has 1 saturated heterocycles. The van der Waals surface area contributed by atoms with E-state index in [2.05, 4.69) is 0 Å². The van der Waals surface area contributed by atoms with E-state index in [-0.39, 0.29) is 27.1 Å². The summed E-state index contributed by atoms with van der Waals surface area (Å²) in [5.41, 5.74) is 0.789. The number of imide groups is 1. The second kappa shape index (κ2) is 7.39. The third-order valence-corrected chi connectivity index (χ3v) is 4.70. The molecule has 2 aromatic rings. The third kappa shape index (κ3) is 3.54. The van der Waals surface area contributed by atoms with Gasteiger partial charge in [0.1, 0.15) is 5.82 Å². The van der Waals surface area contributed by atoms with Gasteiger partial charge in [-0.25, -0.2) is 9.29 Å². The van der Waals surface area contributed by atoms with Crippen LogP contribution in [0.2, 0.25) is 5.02 Å². The van der Waals surface area contributed by atoms with Crippen molar-refractivity contribution in [3.05, 3.63) is 57.7 Å². The van der Waals surface area contributed by atoms with Gasteiger partial charge >= 0.3 is 0 Å². The molecule has 3 rings (SSSR count). The zero-order valence-corrected chi connectivity index (χ0v) is 15.1. The van der Waals surface area contributed by atoms with Crippen molar-refractivity contribution in [2.75, 3.05) is 11.5 Å². The van der Waals surface area contributed by atoms with Crippen molar-refractivity contribution < 1.29 is 23.8 Å². The molecule has 1 fully saturated rings. The Kier molecular flexibility index (Phi) is 5.20. The third-order valence-electron chi connectivity index (χ3n) is 3.54. The minimum Gasteiger partial charge on any atom is -0.504 e. The summed E-state index contributed by atoms with van der Waals surface area (Å²) < 4.78 is 18.6. The van der Waals surface area contributed by atoms with Crippen LogP contribution >= 0.6 is 23.4 Å². The number of phenols is 1. The number of hydrogen-bond donors (Lipinski definition) is 1. The van der Waals surface area contributed by atoms with Gasteiger partial charge in [0.25, 0.3) is 11.1 Å². The van der Waals surface area contributed by atoms with Crippen molar-refractivity contribution >= 4 is 46.3 Å². The Morgan fingerprint density at radius 1 is 1.27 bits per heavy atom. The molecule has 1 N–H and O–H groups in total. The van der Waals surface area contributed by atoms with Gasteiger partial charge in [0.05, 0.1) is 22.2 Å². The monoisotopic (exact) mass is 393 g/mol. The van der Waals surface area contributed by atoms with Crippen LogP contribution in [-0.2, 0) is 4.79 Å². The summed E-state index contributed by atoms with van der Waals surface area (Å²) in [5, 5.41) is 9.05. The van der Waals surface area contributed by atoms with Crippen LogP contribution in [0.5, 0.6) is 11.5 Å². The highest BCUT2D eigenvalue weighted by molar-refractivity contribution is 8.19. The Morgan fingerprint density at radius 3 is 2.73 bits per heavy atom. The number of aromatic hydroxyl groups is 1. The first-order chi connectivity index (χ1) is 12.4. The highest BCUT2D eigenvalue weighted by Gasteiger charge is 2.36. The zero-order chi connectivity index (χ0) is 18.8. The Morgan fingerprint density at radius 2 is 2.04 bits per heavy atom. The maximum absolute atomic E-state index is 13.3. The normalized spacial score (nSPS) is 15.8. The van der Waals surface area contributed by atoms with Gasteiger partial charge in [-0.3, -0.25) is 9.59 Å². The number of phenolic OH excluding ortho intramolecular Hbond substituents is 1. The van der Waals surface area contributed by atoms with E-state index in [9.17, 15) is 19.1 Å². The number of halogens is 2. The zero-order valence-electron chi connectivity index (χ0n) is 13.5. The first kappa shape index (κ1) is 18.3. The van der Waals surface area contributed by atoms with Crippen LogP contribution in [0.1, 0.15) is 12.5 Å². The number of anilines is 1. The van der Waals surface area contributed by atoms with E-state index in [1.165, 1.54) is 24.3 Å². The summed E-state index contributed by atoms with van der Waals surface area (Å²) in [5.74, 6) is -0.900. The summed E-state index contributed by atoms with van der Waals surface area (Å²) in [6, 6.07) is 8.25. The molecule has 2 amide bonds. The quantitative estimate of drug-likeness (QED) is 0.754. The number of amides is 2. The highest BCUT2D eigenvalue weighted by Crippen LogP contribution is 2.37. The van der Waals surface area contributed by atoms with E-state index in [4.69, 9.17) is 16.3 Å². The highest BCUT2D eigenvalue weighted by atomic mass is 35.5. The van der Waals surface area contributed by atoms with Crippen LogP contribution in [0, 0.1) is 5.82 Å². The Balaban J connectivity index is 1.92. The fourth-order valence-electron chi connectivity index (χ4n) is 2.36. The topological polar surface area (TPSA) is 66.8 Å². The predicted octanol–water partition coefficient (Wildman–Crippen LogP) is 4.82. The lowest BCUT2D eigenvalue weighted by Crippen LogP contribution is -2.27. The fourth-order valence-corrected chi connectivity index (χ4v) is 3.37. The van der Waals surface area contributed by atoms with Gasteiger partial charge < -0.3 is 9.84 Å². The van der Waals surface area contributed by atoms with Gasteiger partial charge in [-0.15, -0.1) is 0 Å². The Hall–Kier alpha value is -2.51. The molecule has 1 aliphatic heterocycles. The molecule has 0 bridgehead atoms. The van der Waals surface area contributed by atoms with Crippen molar-refractivity contribution in [2.45, 2.75) is 6.92 Å². The lowest BCUT2D eigenvalue weighted by Gasteiger charge is -2.12. The predicted molar refractivity (Wildman–Crippen MR) is 99.1 cm³/mol. The number of thioether (sulfide) groups is 1. The van der Waals surface area contributed by atoms with Crippen LogP contribution in [0.3, 0.4) is 0 Å². The molecule has 0 aromatic heterocycles. The molecule has 1 heterocycles. The first-order valence-corrected chi connectivity index (χ1v) is 8.79. The molecule has 1 aliphatic rings. The second-order valence-electron chi connectivity index (χ2n) is 5.28. The molecule has 0 unspecified atom stereocenters. The van der Waals surface area contributed by atoms with Gasteiger partial charge in [0.15, 0.2) is 11.5 Å². The van der Waals surface area contributed by atoms with Gasteiger partial charge in [-0.1, -0.05) is 17.7 Å². The first-order valence-electron chi connectivity index (χ1n) is 7.59. The fraction of sp³-hybridized carbons (Fsp3) is 0.111. The molecule has 0 radical (unpaired) electrons. The summed E-state index contributed by atoms with van der Waals surface area (Å²) in [6.07, 6.45) is 1.53. The Bertz CT molecular complexity index is 931. The van der Waals surface area contributed by atoms with E-state index < -0.39 is 17.0 Å². The van der Waals surface area contributed by atoms with Gasteiger partial charge in [0, 0.05) is 0 Å². The van der Waals surface area contributed by atoms with E-state index in [0.717, 1.165) is 22.7 Å². The van der Waals surface area contributed by atoms with Crippen LogP contribution < -0.4 is 9.64 Å². The van der Waals surface area contributed by atoms with Crippen LogP contribution in [0.15, 0.2) is 41.3 Å². The van der Waals surface area contributed by atoms with Crippen LogP contribution in [0.4, 0.5) is 14.9 Å². The van der Waals surface area contributed by atoms with Gasteiger partial charge in [-0.2, -0.15) is 0 Å². The number of nitrogens with zero attached hydrogens (tertiary/aromatic N) is 1.